The largest absolute Gasteiger partial charge is 0.270 e. The number of hydrogen-bond donors (Lipinski definition) is 0. The summed E-state index contributed by atoms with van der Waals surface area (Å²) in [6.07, 6.45) is 1.71. The van der Waals surface area contributed by atoms with Crippen LogP contribution in [0.3, 0.4) is 0 Å². The molecule has 1 aromatic rings. The van der Waals surface area contributed by atoms with Crippen LogP contribution in [0.2, 0.25) is 0 Å². The van der Waals surface area contributed by atoms with Crippen molar-refractivity contribution in [2.45, 2.75) is 26.7 Å². The zero-order valence-corrected chi connectivity index (χ0v) is 9.86. The van der Waals surface area contributed by atoms with Crippen LogP contribution < -0.4 is 0 Å². The fourth-order valence-electron chi connectivity index (χ4n) is 1.42. The quantitative estimate of drug-likeness (QED) is 0.569. The van der Waals surface area contributed by atoms with E-state index in [4.69, 9.17) is 0 Å². The van der Waals surface area contributed by atoms with Gasteiger partial charge in [-0.2, -0.15) is 0 Å². The van der Waals surface area contributed by atoms with E-state index in [1.807, 2.05) is 26.8 Å². The molecule has 1 rings (SSSR count). The first-order valence-electron chi connectivity index (χ1n) is 5.21. The van der Waals surface area contributed by atoms with Gasteiger partial charge in [-0.3, -0.25) is 10.1 Å². The van der Waals surface area contributed by atoms with E-state index in [-0.39, 0.29) is 16.5 Å². The predicted octanol–water partition coefficient (Wildman–Crippen LogP) is 3.85. The van der Waals surface area contributed by atoms with Gasteiger partial charge in [0.25, 0.3) is 5.69 Å². The summed E-state index contributed by atoms with van der Waals surface area (Å²) in [5.41, 5.74) is 1.99. The maximum absolute atomic E-state index is 10.8. The molecule has 0 aliphatic heterocycles. The van der Waals surface area contributed by atoms with E-state index in [1.54, 1.807) is 18.2 Å². The second kappa shape index (κ2) is 4.92. The Morgan fingerprint density at radius 3 is 2.50 bits per heavy atom. The minimum Gasteiger partial charge on any atom is -0.258 e. The molecule has 85 valence electrons. The molecule has 0 aliphatic carbocycles. The van der Waals surface area contributed by atoms with Crippen molar-refractivity contribution in [2.75, 3.05) is 0 Å². The SMILES string of the molecule is C=C[C](C)c1cc(C(C)C)cc([N+](=O)[O-])c1. The minimum absolute atomic E-state index is 0.141. The second-order valence-electron chi connectivity index (χ2n) is 4.11. The van der Waals surface area contributed by atoms with Crippen LogP contribution in [0.4, 0.5) is 5.69 Å². The predicted molar refractivity (Wildman–Crippen MR) is 65.4 cm³/mol. The highest BCUT2D eigenvalue weighted by Gasteiger charge is 2.13. The molecule has 0 fully saturated rings. The number of nitrogens with zero attached hydrogens (tertiary/aromatic N) is 1. The normalized spacial score (nSPS) is 10.8. The Balaban J connectivity index is 3.29. The lowest BCUT2D eigenvalue weighted by Gasteiger charge is -2.10. The molecule has 1 radical (unpaired) electrons. The van der Waals surface area contributed by atoms with Crippen LogP contribution in [-0.2, 0) is 0 Å². The van der Waals surface area contributed by atoms with Crippen molar-refractivity contribution in [1.29, 1.82) is 0 Å². The maximum Gasteiger partial charge on any atom is 0.270 e. The molecule has 0 N–H and O–H groups in total. The van der Waals surface area contributed by atoms with Gasteiger partial charge in [-0.25, -0.2) is 0 Å². The Labute approximate surface area is 95.9 Å². The van der Waals surface area contributed by atoms with Gasteiger partial charge in [0.05, 0.1) is 4.92 Å². The van der Waals surface area contributed by atoms with Crippen molar-refractivity contribution >= 4 is 5.69 Å². The van der Waals surface area contributed by atoms with Crippen LogP contribution in [0.5, 0.6) is 0 Å². The molecule has 0 aromatic heterocycles. The molecule has 0 saturated carbocycles. The summed E-state index contributed by atoms with van der Waals surface area (Å²) >= 11 is 0. The lowest BCUT2D eigenvalue weighted by Crippen LogP contribution is -1.98. The topological polar surface area (TPSA) is 43.1 Å². The molecule has 0 spiro atoms. The zero-order chi connectivity index (χ0) is 12.3. The van der Waals surface area contributed by atoms with Crippen molar-refractivity contribution in [1.82, 2.24) is 0 Å². The van der Waals surface area contributed by atoms with Gasteiger partial charge >= 0.3 is 0 Å². The fraction of sp³-hybridized carbons (Fsp3) is 0.308. The molecule has 0 atom stereocenters. The first kappa shape index (κ1) is 12.4. The minimum atomic E-state index is -0.355. The van der Waals surface area contributed by atoms with Crippen LogP contribution in [-0.4, -0.2) is 4.92 Å². The Morgan fingerprint density at radius 1 is 1.44 bits per heavy atom. The Morgan fingerprint density at radius 2 is 2.06 bits per heavy atom. The molecule has 3 heteroatoms. The Kier molecular flexibility index (Phi) is 3.82. The molecular weight excluding hydrogens is 202 g/mol. The third kappa shape index (κ3) is 2.69. The van der Waals surface area contributed by atoms with Crippen molar-refractivity contribution in [3.05, 3.63) is 58.0 Å². The number of nitro groups is 1. The van der Waals surface area contributed by atoms with Crippen LogP contribution in [0.25, 0.3) is 0 Å². The van der Waals surface area contributed by atoms with E-state index in [0.717, 1.165) is 17.0 Å². The summed E-state index contributed by atoms with van der Waals surface area (Å²) in [5, 5.41) is 10.8. The standard InChI is InChI=1S/C13H16NO2/c1-5-10(4)12-6-11(9(2)3)7-13(8-12)14(15)16/h5-9H,1H2,2-4H3. The lowest BCUT2D eigenvalue weighted by atomic mass is 9.94. The average molecular weight is 218 g/mol. The maximum atomic E-state index is 10.8. The van der Waals surface area contributed by atoms with Gasteiger partial charge in [0, 0.05) is 18.1 Å². The molecule has 0 heterocycles. The first-order valence-corrected chi connectivity index (χ1v) is 5.21. The molecule has 0 amide bonds. The van der Waals surface area contributed by atoms with E-state index in [1.165, 1.54) is 0 Å². The summed E-state index contributed by atoms with van der Waals surface area (Å²) in [6, 6.07) is 5.20. The van der Waals surface area contributed by atoms with E-state index >= 15 is 0 Å². The van der Waals surface area contributed by atoms with Gasteiger partial charge in [-0.1, -0.05) is 32.9 Å². The summed E-state index contributed by atoms with van der Waals surface area (Å²) in [4.78, 5) is 10.5. The molecule has 0 saturated heterocycles. The highest BCUT2D eigenvalue weighted by Crippen LogP contribution is 2.27. The highest BCUT2D eigenvalue weighted by atomic mass is 16.6. The van der Waals surface area contributed by atoms with Gasteiger partial charge in [-0.15, -0.1) is 6.58 Å². The molecule has 1 aromatic carbocycles. The van der Waals surface area contributed by atoms with Crippen molar-refractivity contribution in [3.8, 4) is 0 Å². The highest BCUT2D eigenvalue weighted by molar-refractivity contribution is 5.47. The van der Waals surface area contributed by atoms with Gasteiger partial charge in [0.1, 0.15) is 0 Å². The zero-order valence-electron chi connectivity index (χ0n) is 9.86. The summed E-state index contributed by atoms with van der Waals surface area (Å²) in [6.45, 7) is 9.62. The Bertz CT molecular complexity index is 410. The van der Waals surface area contributed by atoms with Crippen molar-refractivity contribution < 1.29 is 4.92 Å². The van der Waals surface area contributed by atoms with Crippen LogP contribution >= 0.6 is 0 Å². The monoisotopic (exact) mass is 218 g/mol. The number of nitro benzene ring substituents is 1. The Hall–Kier alpha value is -1.64. The average Bonchev–Trinajstić information content (AvgIpc) is 2.27. The molecule has 0 bridgehead atoms. The van der Waals surface area contributed by atoms with E-state index in [2.05, 4.69) is 6.58 Å². The lowest BCUT2D eigenvalue weighted by molar-refractivity contribution is -0.385. The number of allylic oxidation sites excluding steroid dienone is 1. The number of benzene rings is 1. The number of rotatable bonds is 4. The fourth-order valence-corrected chi connectivity index (χ4v) is 1.42. The third-order valence-electron chi connectivity index (χ3n) is 2.58. The van der Waals surface area contributed by atoms with E-state index in [0.29, 0.717) is 0 Å². The van der Waals surface area contributed by atoms with Crippen molar-refractivity contribution in [3.63, 3.8) is 0 Å². The first-order chi connectivity index (χ1) is 7.45. The number of non-ortho nitro benzene ring substituents is 1. The van der Waals surface area contributed by atoms with Gasteiger partial charge in [-0.05, 0) is 17.0 Å². The molecule has 3 nitrogen and oxygen atoms in total. The van der Waals surface area contributed by atoms with Crippen molar-refractivity contribution in [2.24, 2.45) is 0 Å². The molecule has 16 heavy (non-hydrogen) atoms. The summed E-state index contributed by atoms with van der Waals surface area (Å²) < 4.78 is 0. The number of hydrogen-bond acceptors (Lipinski definition) is 2. The van der Waals surface area contributed by atoms with Crippen LogP contribution in [0.1, 0.15) is 37.8 Å². The van der Waals surface area contributed by atoms with E-state index in [9.17, 15) is 10.1 Å². The molecule has 0 aliphatic rings. The molecule has 0 unspecified atom stereocenters. The third-order valence-corrected chi connectivity index (χ3v) is 2.58. The van der Waals surface area contributed by atoms with Crippen LogP contribution in [0, 0.1) is 16.0 Å². The molecular formula is C13H16NO2. The van der Waals surface area contributed by atoms with Gasteiger partial charge in [0.2, 0.25) is 0 Å². The van der Waals surface area contributed by atoms with Gasteiger partial charge < -0.3 is 0 Å². The second-order valence-corrected chi connectivity index (χ2v) is 4.11. The summed E-state index contributed by atoms with van der Waals surface area (Å²) in [7, 11) is 0. The summed E-state index contributed by atoms with van der Waals surface area (Å²) in [5.74, 6) is 1.22. The van der Waals surface area contributed by atoms with Crippen LogP contribution in [0.15, 0.2) is 30.9 Å². The van der Waals surface area contributed by atoms with Gasteiger partial charge in [0.15, 0.2) is 0 Å². The van der Waals surface area contributed by atoms with E-state index < -0.39 is 0 Å². The smallest absolute Gasteiger partial charge is 0.258 e.